The van der Waals surface area contributed by atoms with E-state index in [1.165, 1.54) is 6.20 Å². The molecule has 1 aromatic heterocycles. The number of hydrogen-bond donors (Lipinski definition) is 1. The van der Waals surface area contributed by atoms with Crippen LogP contribution in [0.15, 0.2) is 41.0 Å². The van der Waals surface area contributed by atoms with Crippen LogP contribution in [0.25, 0.3) is 10.9 Å². The number of benzene rings is 2. The Balaban J connectivity index is 2.13. The van der Waals surface area contributed by atoms with Crippen molar-refractivity contribution in [2.75, 3.05) is 0 Å². The Bertz CT molecular complexity index is 849. The van der Waals surface area contributed by atoms with Gasteiger partial charge in [0, 0.05) is 32.7 Å². The molecule has 0 spiro atoms. The molecule has 6 heteroatoms. The van der Waals surface area contributed by atoms with Gasteiger partial charge in [-0.1, -0.05) is 22.0 Å². The van der Waals surface area contributed by atoms with Crippen molar-refractivity contribution in [3.63, 3.8) is 0 Å². The SMILES string of the molecule is O=C(c1cc(F)c(F)c(F)c1)c1c[nH]c2cc(Br)ccc12. The number of fused-ring (bicyclic) bond motifs is 1. The molecule has 3 aromatic rings. The lowest BCUT2D eigenvalue weighted by atomic mass is 10.0. The molecule has 0 saturated heterocycles. The molecule has 106 valence electrons. The number of aromatic amines is 1. The van der Waals surface area contributed by atoms with E-state index in [0.717, 1.165) is 4.47 Å². The molecule has 1 N–H and O–H groups in total. The summed E-state index contributed by atoms with van der Waals surface area (Å²) in [5.74, 6) is -4.95. The Morgan fingerprint density at radius 3 is 2.38 bits per heavy atom. The quantitative estimate of drug-likeness (QED) is 0.530. The van der Waals surface area contributed by atoms with Gasteiger partial charge in [-0.25, -0.2) is 13.2 Å². The van der Waals surface area contributed by atoms with Gasteiger partial charge in [0.2, 0.25) is 0 Å². The molecule has 0 unspecified atom stereocenters. The first-order valence-electron chi connectivity index (χ1n) is 5.93. The minimum Gasteiger partial charge on any atom is -0.360 e. The number of nitrogens with one attached hydrogen (secondary N) is 1. The molecule has 0 aliphatic rings. The first-order valence-corrected chi connectivity index (χ1v) is 6.72. The van der Waals surface area contributed by atoms with Crippen LogP contribution in [0.1, 0.15) is 15.9 Å². The third kappa shape index (κ3) is 2.35. The van der Waals surface area contributed by atoms with Crippen LogP contribution in [0.4, 0.5) is 13.2 Å². The first kappa shape index (κ1) is 13.9. The second kappa shape index (κ2) is 5.04. The zero-order valence-electron chi connectivity index (χ0n) is 10.4. The topological polar surface area (TPSA) is 32.9 Å². The average molecular weight is 354 g/mol. The minimum absolute atomic E-state index is 0.241. The molecule has 21 heavy (non-hydrogen) atoms. The van der Waals surface area contributed by atoms with E-state index < -0.39 is 23.2 Å². The van der Waals surface area contributed by atoms with Gasteiger partial charge in [-0.15, -0.1) is 0 Å². The third-order valence-electron chi connectivity index (χ3n) is 3.13. The number of halogens is 4. The van der Waals surface area contributed by atoms with Crippen LogP contribution in [0.5, 0.6) is 0 Å². The fourth-order valence-corrected chi connectivity index (χ4v) is 2.49. The van der Waals surface area contributed by atoms with Gasteiger partial charge in [0.25, 0.3) is 0 Å². The maximum absolute atomic E-state index is 13.2. The van der Waals surface area contributed by atoms with E-state index >= 15 is 0 Å². The van der Waals surface area contributed by atoms with Crippen molar-refractivity contribution in [3.8, 4) is 0 Å². The van der Waals surface area contributed by atoms with Crippen LogP contribution >= 0.6 is 15.9 Å². The molecule has 0 saturated carbocycles. The molecule has 0 radical (unpaired) electrons. The second-order valence-corrected chi connectivity index (χ2v) is 5.39. The van der Waals surface area contributed by atoms with Crippen molar-refractivity contribution < 1.29 is 18.0 Å². The van der Waals surface area contributed by atoms with Gasteiger partial charge >= 0.3 is 0 Å². The number of aromatic nitrogens is 1. The molecular formula is C15H7BrF3NO. The third-order valence-corrected chi connectivity index (χ3v) is 3.63. The molecular weight excluding hydrogens is 347 g/mol. The average Bonchev–Trinajstić information content (AvgIpc) is 2.86. The predicted octanol–water partition coefficient (Wildman–Crippen LogP) is 4.58. The summed E-state index contributed by atoms with van der Waals surface area (Å²) in [7, 11) is 0. The number of hydrogen-bond acceptors (Lipinski definition) is 1. The van der Waals surface area contributed by atoms with Crippen molar-refractivity contribution in [1.29, 1.82) is 0 Å². The highest BCUT2D eigenvalue weighted by atomic mass is 79.9. The molecule has 0 fully saturated rings. The highest BCUT2D eigenvalue weighted by Crippen LogP contribution is 2.25. The van der Waals surface area contributed by atoms with Crippen LogP contribution in [0.2, 0.25) is 0 Å². The maximum atomic E-state index is 13.2. The highest BCUT2D eigenvalue weighted by molar-refractivity contribution is 9.10. The van der Waals surface area contributed by atoms with Crippen LogP contribution < -0.4 is 0 Å². The van der Waals surface area contributed by atoms with E-state index in [9.17, 15) is 18.0 Å². The van der Waals surface area contributed by atoms with E-state index in [1.54, 1.807) is 18.2 Å². The Kier molecular flexibility index (Phi) is 3.33. The van der Waals surface area contributed by atoms with Gasteiger partial charge in [0.05, 0.1) is 0 Å². The van der Waals surface area contributed by atoms with Crippen LogP contribution in [0.3, 0.4) is 0 Å². The Hall–Kier alpha value is -2.08. The normalized spacial score (nSPS) is 11.0. The van der Waals surface area contributed by atoms with Crippen molar-refractivity contribution in [3.05, 3.63) is 69.6 Å². The molecule has 0 atom stereocenters. The van der Waals surface area contributed by atoms with E-state index in [4.69, 9.17) is 0 Å². The van der Waals surface area contributed by atoms with E-state index in [-0.39, 0.29) is 11.1 Å². The second-order valence-electron chi connectivity index (χ2n) is 4.48. The molecule has 3 rings (SSSR count). The number of carbonyl (C=O) groups is 1. The Morgan fingerprint density at radius 1 is 1.05 bits per heavy atom. The monoisotopic (exact) mass is 353 g/mol. The molecule has 1 heterocycles. The van der Waals surface area contributed by atoms with Gasteiger partial charge < -0.3 is 4.98 Å². The zero-order valence-corrected chi connectivity index (χ0v) is 12.0. The van der Waals surface area contributed by atoms with Gasteiger partial charge in [-0.2, -0.15) is 0 Å². The summed E-state index contributed by atoms with van der Waals surface area (Å²) in [6.45, 7) is 0. The standard InChI is InChI=1S/C15H7BrF3NO/c16-8-1-2-9-10(6-20-13(9)5-8)15(21)7-3-11(17)14(19)12(18)4-7/h1-6,20H. The molecule has 0 amide bonds. The smallest absolute Gasteiger partial charge is 0.195 e. The molecule has 0 aliphatic carbocycles. The van der Waals surface area contributed by atoms with Gasteiger partial charge in [-0.05, 0) is 24.3 Å². The molecule has 2 aromatic carbocycles. The summed E-state index contributed by atoms with van der Waals surface area (Å²) in [5, 5.41) is 0.619. The lowest BCUT2D eigenvalue weighted by molar-refractivity contribution is 0.103. The fraction of sp³-hybridized carbons (Fsp3) is 0. The summed E-state index contributed by atoms with van der Waals surface area (Å²) in [5.41, 5.74) is 0.730. The van der Waals surface area contributed by atoms with E-state index in [2.05, 4.69) is 20.9 Å². The lowest BCUT2D eigenvalue weighted by Crippen LogP contribution is -2.04. The predicted molar refractivity (Wildman–Crippen MR) is 75.7 cm³/mol. The summed E-state index contributed by atoms with van der Waals surface area (Å²) >= 11 is 3.30. The highest BCUT2D eigenvalue weighted by Gasteiger charge is 2.19. The number of rotatable bonds is 2. The van der Waals surface area contributed by atoms with Crippen LogP contribution in [0, 0.1) is 17.5 Å². The lowest BCUT2D eigenvalue weighted by Gasteiger charge is -2.02. The summed E-state index contributed by atoms with van der Waals surface area (Å²) < 4.78 is 40.2. The van der Waals surface area contributed by atoms with Gasteiger partial charge in [0.15, 0.2) is 23.2 Å². The summed E-state index contributed by atoms with van der Waals surface area (Å²) in [4.78, 5) is 15.2. The zero-order chi connectivity index (χ0) is 15.1. The Labute approximate surface area is 125 Å². The summed E-state index contributed by atoms with van der Waals surface area (Å²) in [6, 6.07) is 6.62. The number of ketones is 1. The van der Waals surface area contributed by atoms with Crippen molar-refractivity contribution in [1.82, 2.24) is 4.98 Å². The maximum Gasteiger partial charge on any atom is 0.195 e. The molecule has 0 bridgehead atoms. The summed E-state index contributed by atoms with van der Waals surface area (Å²) in [6.07, 6.45) is 1.46. The minimum atomic E-state index is -1.59. The van der Waals surface area contributed by atoms with Gasteiger partial charge in [-0.3, -0.25) is 4.79 Å². The van der Waals surface area contributed by atoms with Gasteiger partial charge in [0.1, 0.15) is 0 Å². The first-order chi connectivity index (χ1) is 9.97. The largest absolute Gasteiger partial charge is 0.360 e. The van der Waals surface area contributed by atoms with Crippen molar-refractivity contribution in [2.24, 2.45) is 0 Å². The number of carbonyl (C=O) groups excluding carboxylic acids is 1. The van der Waals surface area contributed by atoms with Crippen LogP contribution in [-0.2, 0) is 0 Å². The van der Waals surface area contributed by atoms with E-state index in [1.807, 2.05) is 0 Å². The van der Waals surface area contributed by atoms with Crippen LogP contribution in [-0.4, -0.2) is 10.8 Å². The number of H-pyrrole nitrogens is 1. The van der Waals surface area contributed by atoms with E-state index in [0.29, 0.717) is 23.0 Å². The molecule has 0 aliphatic heterocycles. The molecule has 2 nitrogen and oxygen atoms in total. The fourth-order valence-electron chi connectivity index (χ4n) is 2.13. The van der Waals surface area contributed by atoms with Crippen molar-refractivity contribution >= 4 is 32.6 Å². The Morgan fingerprint density at radius 2 is 1.71 bits per heavy atom. The van der Waals surface area contributed by atoms with Crippen molar-refractivity contribution in [2.45, 2.75) is 0 Å².